The molecule has 1 rings (SSSR count). The van der Waals surface area contributed by atoms with E-state index in [9.17, 15) is 4.79 Å². The van der Waals surface area contributed by atoms with Gasteiger partial charge in [0.1, 0.15) is 0 Å². The van der Waals surface area contributed by atoms with Gasteiger partial charge < -0.3 is 14.6 Å². The van der Waals surface area contributed by atoms with E-state index in [0.29, 0.717) is 6.54 Å². The Morgan fingerprint density at radius 3 is 2.72 bits per heavy atom. The molecule has 0 spiro atoms. The summed E-state index contributed by atoms with van der Waals surface area (Å²) in [5.74, 6) is -0.717. The maximum atomic E-state index is 10.6. The fourth-order valence-corrected chi connectivity index (χ4v) is 1.87. The van der Waals surface area contributed by atoms with Crippen LogP contribution >= 0.6 is 0 Å². The summed E-state index contributed by atoms with van der Waals surface area (Å²) in [5, 5.41) is 8.72. The number of carboxylic acids is 1. The monoisotopic (exact) mass is 253 g/mol. The van der Waals surface area contributed by atoms with Crippen LogP contribution in [0, 0.1) is 0 Å². The SMILES string of the molecule is CCCCN(CCCn1ccnc1)CCC(=O)O. The third kappa shape index (κ3) is 6.39. The topological polar surface area (TPSA) is 58.4 Å². The smallest absolute Gasteiger partial charge is 0.304 e. The standard InChI is InChI=1S/C13H23N3O2/c1-2-3-7-15(10-5-13(17)18)8-4-9-16-11-6-14-12-16/h6,11-12H,2-5,7-10H2,1H3,(H,17,18). The largest absolute Gasteiger partial charge is 0.481 e. The van der Waals surface area contributed by atoms with Gasteiger partial charge in [-0.15, -0.1) is 0 Å². The Hall–Kier alpha value is -1.36. The molecule has 0 amide bonds. The van der Waals surface area contributed by atoms with Crippen LogP contribution in [0.1, 0.15) is 32.6 Å². The van der Waals surface area contributed by atoms with E-state index in [1.807, 2.05) is 12.5 Å². The van der Waals surface area contributed by atoms with Gasteiger partial charge in [0.2, 0.25) is 0 Å². The van der Waals surface area contributed by atoms with Crippen molar-refractivity contribution in [1.82, 2.24) is 14.5 Å². The van der Waals surface area contributed by atoms with Crippen LogP contribution in [0.15, 0.2) is 18.7 Å². The average molecular weight is 253 g/mol. The van der Waals surface area contributed by atoms with Crippen molar-refractivity contribution >= 4 is 5.97 Å². The van der Waals surface area contributed by atoms with Gasteiger partial charge in [0, 0.05) is 25.5 Å². The molecule has 0 unspecified atom stereocenters. The van der Waals surface area contributed by atoms with Crippen molar-refractivity contribution in [1.29, 1.82) is 0 Å². The summed E-state index contributed by atoms with van der Waals surface area (Å²) in [7, 11) is 0. The van der Waals surface area contributed by atoms with Crippen LogP contribution in [0.25, 0.3) is 0 Å². The molecular formula is C13H23N3O2. The first-order chi connectivity index (χ1) is 8.72. The number of carboxylic acid groups (broad SMARTS) is 1. The number of hydrogen-bond donors (Lipinski definition) is 1. The predicted octanol–water partition coefficient (Wildman–Crippen LogP) is 1.85. The Bertz CT molecular complexity index is 325. The Morgan fingerprint density at radius 1 is 1.33 bits per heavy atom. The fraction of sp³-hybridized carbons (Fsp3) is 0.692. The molecule has 0 radical (unpaired) electrons. The third-order valence-corrected chi connectivity index (χ3v) is 2.92. The second-order valence-electron chi connectivity index (χ2n) is 4.49. The van der Waals surface area contributed by atoms with Gasteiger partial charge in [-0.2, -0.15) is 0 Å². The number of imidazole rings is 1. The van der Waals surface area contributed by atoms with Crippen molar-refractivity contribution in [3.8, 4) is 0 Å². The van der Waals surface area contributed by atoms with Crippen molar-refractivity contribution in [3.63, 3.8) is 0 Å². The molecule has 0 atom stereocenters. The van der Waals surface area contributed by atoms with Crippen molar-refractivity contribution < 1.29 is 9.90 Å². The van der Waals surface area contributed by atoms with E-state index >= 15 is 0 Å². The van der Waals surface area contributed by atoms with Crippen molar-refractivity contribution in [3.05, 3.63) is 18.7 Å². The highest BCUT2D eigenvalue weighted by atomic mass is 16.4. The van der Waals surface area contributed by atoms with Crippen LogP contribution in [-0.4, -0.2) is 45.2 Å². The van der Waals surface area contributed by atoms with Crippen LogP contribution in [0.3, 0.4) is 0 Å². The molecule has 0 aliphatic heterocycles. The van der Waals surface area contributed by atoms with Gasteiger partial charge in [-0.05, 0) is 25.9 Å². The zero-order chi connectivity index (χ0) is 13.2. The Morgan fingerprint density at radius 2 is 2.11 bits per heavy atom. The molecule has 0 aliphatic carbocycles. The highest BCUT2D eigenvalue weighted by Crippen LogP contribution is 2.00. The third-order valence-electron chi connectivity index (χ3n) is 2.92. The molecule has 1 N–H and O–H groups in total. The quantitative estimate of drug-likeness (QED) is 0.691. The number of aryl methyl sites for hydroxylation is 1. The zero-order valence-corrected chi connectivity index (χ0v) is 11.1. The molecule has 1 heterocycles. The van der Waals surface area contributed by atoms with Gasteiger partial charge in [0.25, 0.3) is 0 Å². The van der Waals surface area contributed by atoms with Gasteiger partial charge in [0.05, 0.1) is 12.7 Å². The zero-order valence-electron chi connectivity index (χ0n) is 11.1. The number of aliphatic carboxylic acids is 1. The number of carbonyl (C=O) groups is 1. The van der Waals surface area contributed by atoms with E-state index in [0.717, 1.165) is 38.9 Å². The molecular weight excluding hydrogens is 230 g/mol. The van der Waals surface area contributed by atoms with Gasteiger partial charge >= 0.3 is 5.97 Å². The van der Waals surface area contributed by atoms with Gasteiger partial charge in [-0.25, -0.2) is 4.98 Å². The first-order valence-electron chi connectivity index (χ1n) is 6.62. The summed E-state index contributed by atoms with van der Waals surface area (Å²) >= 11 is 0. The first kappa shape index (κ1) is 14.7. The van der Waals surface area contributed by atoms with E-state index in [4.69, 9.17) is 5.11 Å². The van der Waals surface area contributed by atoms with E-state index in [-0.39, 0.29) is 6.42 Å². The summed E-state index contributed by atoms with van der Waals surface area (Å²) in [5.41, 5.74) is 0. The second kappa shape index (κ2) is 8.69. The average Bonchev–Trinajstić information content (AvgIpc) is 2.84. The maximum absolute atomic E-state index is 10.6. The lowest BCUT2D eigenvalue weighted by Gasteiger charge is -2.21. The lowest BCUT2D eigenvalue weighted by Crippen LogP contribution is -2.29. The van der Waals surface area contributed by atoms with E-state index < -0.39 is 5.97 Å². The second-order valence-corrected chi connectivity index (χ2v) is 4.49. The minimum absolute atomic E-state index is 0.231. The lowest BCUT2D eigenvalue weighted by molar-refractivity contribution is -0.137. The van der Waals surface area contributed by atoms with Crippen LogP contribution in [0.2, 0.25) is 0 Å². The molecule has 0 aliphatic rings. The number of nitrogens with zero attached hydrogens (tertiary/aromatic N) is 3. The van der Waals surface area contributed by atoms with E-state index in [2.05, 4.69) is 21.4 Å². The summed E-state index contributed by atoms with van der Waals surface area (Å²) in [6, 6.07) is 0. The molecule has 5 heteroatoms. The minimum atomic E-state index is -0.717. The first-order valence-corrected chi connectivity index (χ1v) is 6.62. The summed E-state index contributed by atoms with van der Waals surface area (Å²) in [6.07, 6.45) is 9.07. The summed E-state index contributed by atoms with van der Waals surface area (Å²) < 4.78 is 2.05. The Labute approximate surface area is 108 Å². The highest BCUT2D eigenvalue weighted by Gasteiger charge is 2.06. The van der Waals surface area contributed by atoms with Gasteiger partial charge in [0.15, 0.2) is 0 Å². The van der Waals surface area contributed by atoms with E-state index in [1.165, 1.54) is 0 Å². The molecule has 1 aromatic heterocycles. The number of unbranched alkanes of at least 4 members (excludes halogenated alkanes) is 1. The molecule has 0 fully saturated rings. The number of aromatic nitrogens is 2. The van der Waals surface area contributed by atoms with Crippen LogP contribution in [0.5, 0.6) is 0 Å². The fourth-order valence-electron chi connectivity index (χ4n) is 1.87. The normalized spacial score (nSPS) is 11.0. The Kier molecular flexibility index (Phi) is 7.10. The van der Waals surface area contributed by atoms with Gasteiger partial charge in [-0.1, -0.05) is 13.3 Å². The molecule has 0 bridgehead atoms. The molecule has 0 saturated carbocycles. The van der Waals surface area contributed by atoms with Crippen LogP contribution < -0.4 is 0 Å². The molecule has 5 nitrogen and oxygen atoms in total. The summed E-state index contributed by atoms with van der Waals surface area (Å²) in [4.78, 5) is 16.8. The highest BCUT2D eigenvalue weighted by molar-refractivity contribution is 5.66. The molecule has 1 aromatic rings. The molecule has 102 valence electrons. The van der Waals surface area contributed by atoms with E-state index in [1.54, 1.807) is 6.20 Å². The minimum Gasteiger partial charge on any atom is -0.481 e. The number of hydrogen-bond acceptors (Lipinski definition) is 3. The Balaban J connectivity index is 2.23. The van der Waals surface area contributed by atoms with Crippen molar-refractivity contribution in [2.45, 2.75) is 39.2 Å². The predicted molar refractivity (Wildman–Crippen MR) is 70.4 cm³/mol. The van der Waals surface area contributed by atoms with Crippen molar-refractivity contribution in [2.75, 3.05) is 19.6 Å². The van der Waals surface area contributed by atoms with Crippen LogP contribution in [-0.2, 0) is 11.3 Å². The molecule has 0 saturated heterocycles. The summed E-state index contributed by atoms with van der Waals surface area (Å²) in [6.45, 7) is 5.69. The molecule has 18 heavy (non-hydrogen) atoms. The lowest BCUT2D eigenvalue weighted by atomic mass is 10.2. The number of rotatable bonds is 10. The molecule has 0 aromatic carbocycles. The van der Waals surface area contributed by atoms with Crippen LogP contribution in [0.4, 0.5) is 0 Å². The van der Waals surface area contributed by atoms with Crippen molar-refractivity contribution in [2.24, 2.45) is 0 Å². The maximum Gasteiger partial charge on any atom is 0.304 e. The van der Waals surface area contributed by atoms with Gasteiger partial charge in [-0.3, -0.25) is 4.79 Å².